The summed E-state index contributed by atoms with van der Waals surface area (Å²) in [6.07, 6.45) is 4.45. The van der Waals surface area contributed by atoms with E-state index in [1.54, 1.807) is 0 Å². The van der Waals surface area contributed by atoms with Crippen molar-refractivity contribution < 1.29 is 4.79 Å². The molecule has 1 saturated carbocycles. The van der Waals surface area contributed by atoms with Gasteiger partial charge in [0.05, 0.1) is 5.88 Å². The number of nitrogens with zero attached hydrogens (tertiary/aromatic N) is 3. The van der Waals surface area contributed by atoms with Crippen molar-refractivity contribution in [2.24, 2.45) is 0 Å². The summed E-state index contributed by atoms with van der Waals surface area (Å²) < 4.78 is 1.94. The fraction of sp³-hybridized carbons (Fsp3) is 0.500. The molecule has 1 aliphatic rings. The zero-order valence-electron chi connectivity index (χ0n) is 11.4. The Labute approximate surface area is 122 Å². The van der Waals surface area contributed by atoms with Crippen molar-refractivity contribution in [2.75, 3.05) is 0 Å². The molecule has 0 spiro atoms. The zero-order valence-corrected chi connectivity index (χ0v) is 12.2. The van der Waals surface area contributed by atoms with Crippen molar-refractivity contribution in [3.05, 3.63) is 23.7 Å². The first-order valence-corrected chi connectivity index (χ1v) is 7.38. The number of hydrogen-bond donors (Lipinski definition) is 1. The largest absolute Gasteiger partial charge is 0.353 e. The fourth-order valence-corrected chi connectivity index (χ4v) is 2.44. The number of aromatic nitrogens is 3. The first-order chi connectivity index (χ1) is 9.67. The molecule has 20 heavy (non-hydrogen) atoms. The average Bonchev–Trinajstić information content (AvgIpc) is 3.16. The molecule has 1 N–H and O–H groups in total. The highest BCUT2D eigenvalue weighted by molar-refractivity contribution is 6.16. The second kappa shape index (κ2) is 5.40. The van der Waals surface area contributed by atoms with Crippen molar-refractivity contribution in [1.29, 1.82) is 0 Å². The molecular formula is C14H17ClN4O. The Hall–Kier alpha value is -1.62. The summed E-state index contributed by atoms with van der Waals surface area (Å²) in [4.78, 5) is 20.7. The van der Waals surface area contributed by atoms with Gasteiger partial charge in [0.15, 0.2) is 5.65 Å². The number of rotatable bonds is 5. The summed E-state index contributed by atoms with van der Waals surface area (Å²) in [6.45, 7) is 2.54. The molecule has 1 amide bonds. The number of aryl methyl sites for hydroxylation is 2. The minimum Gasteiger partial charge on any atom is -0.353 e. The molecule has 0 bridgehead atoms. The normalized spacial score (nSPS) is 14.7. The van der Waals surface area contributed by atoms with Gasteiger partial charge in [-0.25, -0.2) is 9.97 Å². The molecular weight excluding hydrogens is 276 g/mol. The third kappa shape index (κ3) is 2.77. The summed E-state index contributed by atoms with van der Waals surface area (Å²) in [7, 11) is 0. The second-order valence-corrected chi connectivity index (χ2v) is 5.53. The van der Waals surface area contributed by atoms with Crippen molar-refractivity contribution in [3.63, 3.8) is 0 Å². The predicted molar refractivity (Wildman–Crippen MR) is 77.6 cm³/mol. The van der Waals surface area contributed by atoms with Crippen LogP contribution < -0.4 is 5.32 Å². The average molecular weight is 293 g/mol. The van der Waals surface area contributed by atoms with Gasteiger partial charge < -0.3 is 9.88 Å². The number of carbonyl (C=O) groups is 1. The van der Waals surface area contributed by atoms with Gasteiger partial charge in [-0.3, -0.25) is 4.79 Å². The van der Waals surface area contributed by atoms with Crippen LogP contribution in [0.15, 0.2) is 12.3 Å². The Morgan fingerprint density at radius 3 is 3.05 bits per heavy atom. The lowest BCUT2D eigenvalue weighted by atomic mass is 10.3. The molecule has 0 unspecified atom stereocenters. The summed E-state index contributed by atoms with van der Waals surface area (Å²) >= 11 is 5.94. The summed E-state index contributed by atoms with van der Waals surface area (Å²) in [6, 6.07) is 2.38. The van der Waals surface area contributed by atoms with Gasteiger partial charge in [0.25, 0.3) is 0 Å². The highest BCUT2D eigenvalue weighted by Crippen LogP contribution is 2.19. The lowest BCUT2D eigenvalue weighted by Gasteiger charge is -2.07. The topological polar surface area (TPSA) is 59.8 Å². The summed E-state index contributed by atoms with van der Waals surface area (Å²) in [5, 5.41) is 2.98. The van der Waals surface area contributed by atoms with E-state index >= 15 is 0 Å². The van der Waals surface area contributed by atoms with Crippen LogP contribution in [0.1, 0.15) is 30.7 Å². The van der Waals surface area contributed by atoms with Gasteiger partial charge >= 0.3 is 0 Å². The van der Waals surface area contributed by atoms with Crippen LogP contribution in [0.25, 0.3) is 11.2 Å². The molecule has 0 saturated heterocycles. The number of alkyl halides is 1. The van der Waals surface area contributed by atoms with Gasteiger partial charge in [0, 0.05) is 25.2 Å². The number of amides is 1. The standard InChI is InChI=1S/C14H17ClN4O/c1-9-6-11-14(16-8-9)19(12(7-15)18-11)5-4-13(20)17-10-2-3-10/h6,8,10H,2-5,7H2,1H3,(H,17,20). The van der Waals surface area contributed by atoms with Gasteiger partial charge in [0.1, 0.15) is 11.3 Å². The quantitative estimate of drug-likeness (QED) is 0.859. The number of fused-ring (bicyclic) bond motifs is 1. The minimum atomic E-state index is 0.0852. The highest BCUT2D eigenvalue weighted by Gasteiger charge is 2.23. The molecule has 0 radical (unpaired) electrons. The number of carbonyl (C=O) groups excluding carboxylic acids is 1. The molecule has 0 aliphatic heterocycles. The van der Waals surface area contributed by atoms with E-state index in [2.05, 4.69) is 15.3 Å². The van der Waals surface area contributed by atoms with Crippen LogP contribution >= 0.6 is 11.6 Å². The maximum absolute atomic E-state index is 11.8. The highest BCUT2D eigenvalue weighted by atomic mass is 35.5. The lowest BCUT2D eigenvalue weighted by Crippen LogP contribution is -2.26. The first-order valence-electron chi connectivity index (χ1n) is 6.84. The summed E-state index contributed by atoms with van der Waals surface area (Å²) in [5.74, 6) is 1.17. The number of halogens is 1. The third-order valence-electron chi connectivity index (χ3n) is 3.43. The Balaban J connectivity index is 1.79. The first kappa shape index (κ1) is 13.4. The molecule has 2 aromatic rings. The number of nitrogens with one attached hydrogen (secondary N) is 1. The fourth-order valence-electron chi connectivity index (χ4n) is 2.24. The van der Waals surface area contributed by atoms with E-state index in [1.807, 2.05) is 23.8 Å². The second-order valence-electron chi connectivity index (χ2n) is 5.26. The lowest BCUT2D eigenvalue weighted by molar-refractivity contribution is -0.121. The van der Waals surface area contributed by atoms with E-state index in [1.165, 1.54) is 0 Å². The van der Waals surface area contributed by atoms with E-state index in [0.717, 1.165) is 35.4 Å². The van der Waals surface area contributed by atoms with Crippen LogP contribution in [0.5, 0.6) is 0 Å². The van der Waals surface area contributed by atoms with E-state index < -0.39 is 0 Å². The van der Waals surface area contributed by atoms with Crippen molar-refractivity contribution >= 4 is 28.7 Å². The van der Waals surface area contributed by atoms with Gasteiger partial charge in [0.2, 0.25) is 5.91 Å². The Bertz CT molecular complexity index is 648. The van der Waals surface area contributed by atoms with Crippen molar-refractivity contribution in [3.8, 4) is 0 Å². The van der Waals surface area contributed by atoms with Crippen molar-refractivity contribution in [2.45, 2.75) is 44.7 Å². The molecule has 2 heterocycles. The monoisotopic (exact) mass is 292 g/mol. The number of imidazole rings is 1. The van der Waals surface area contributed by atoms with Crippen LogP contribution in [0.3, 0.4) is 0 Å². The molecule has 1 aliphatic carbocycles. The maximum Gasteiger partial charge on any atom is 0.222 e. The van der Waals surface area contributed by atoms with Crippen LogP contribution in [-0.4, -0.2) is 26.5 Å². The third-order valence-corrected chi connectivity index (χ3v) is 3.66. The van der Waals surface area contributed by atoms with Crippen LogP contribution in [0.2, 0.25) is 0 Å². The SMILES string of the molecule is Cc1cnc2c(c1)nc(CCl)n2CCC(=O)NC1CC1. The Kier molecular flexibility index (Phi) is 3.61. The molecule has 0 atom stereocenters. The summed E-state index contributed by atoms with van der Waals surface area (Å²) in [5.41, 5.74) is 2.70. The van der Waals surface area contributed by atoms with Crippen molar-refractivity contribution in [1.82, 2.24) is 19.9 Å². The Morgan fingerprint density at radius 2 is 2.35 bits per heavy atom. The number of hydrogen-bond acceptors (Lipinski definition) is 3. The van der Waals surface area contributed by atoms with E-state index in [4.69, 9.17) is 11.6 Å². The van der Waals surface area contributed by atoms with E-state index in [9.17, 15) is 4.79 Å². The van der Waals surface area contributed by atoms with Gasteiger partial charge in [-0.15, -0.1) is 11.6 Å². The van der Waals surface area contributed by atoms with E-state index in [-0.39, 0.29) is 5.91 Å². The van der Waals surface area contributed by atoms with Gasteiger partial charge in [-0.05, 0) is 31.4 Å². The van der Waals surface area contributed by atoms with Crippen LogP contribution in [-0.2, 0) is 17.2 Å². The van der Waals surface area contributed by atoms with Crippen LogP contribution in [0.4, 0.5) is 0 Å². The molecule has 6 heteroatoms. The minimum absolute atomic E-state index is 0.0852. The smallest absolute Gasteiger partial charge is 0.222 e. The van der Waals surface area contributed by atoms with Crippen LogP contribution in [0, 0.1) is 6.92 Å². The van der Waals surface area contributed by atoms with Gasteiger partial charge in [-0.2, -0.15) is 0 Å². The van der Waals surface area contributed by atoms with E-state index in [0.29, 0.717) is 24.9 Å². The molecule has 5 nitrogen and oxygen atoms in total. The molecule has 3 rings (SSSR count). The number of pyridine rings is 1. The predicted octanol–water partition coefficient (Wildman–Crippen LogP) is 2.15. The molecule has 2 aromatic heterocycles. The maximum atomic E-state index is 11.8. The molecule has 1 fully saturated rings. The molecule has 0 aromatic carbocycles. The zero-order chi connectivity index (χ0) is 14.1. The molecule has 106 valence electrons. The van der Waals surface area contributed by atoms with Gasteiger partial charge in [-0.1, -0.05) is 0 Å². The Morgan fingerprint density at radius 1 is 1.55 bits per heavy atom.